The van der Waals surface area contributed by atoms with Crippen LogP contribution in [0.25, 0.3) is 10.8 Å². The summed E-state index contributed by atoms with van der Waals surface area (Å²) in [6, 6.07) is 10.2. The van der Waals surface area contributed by atoms with Crippen LogP contribution in [0.15, 0.2) is 30.3 Å². The molecule has 24 heavy (non-hydrogen) atoms. The van der Waals surface area contributed by atoms with Gasteiger partial charge in [0.2, 0.25) is 0 Å². The molecule has 2 aromatic rings. The van der Waals surface area contributed by atoms with E-state index < -0.39 is 5.60 Å². The molecule has 0 radical (unpaired) electrons. The Morgan fingerprint density at radius 2 is 1.96 bits per heavy atom. The third kappa shape index (κ3) is 2.46. The Balaban J connectivity index is 1.65. The number of carbonyl (C=O) groups is 1. The minimum atomic E-state index is -0.879. The average molecular weight is 324 g/mol. The lowest BCUT2D eigenvalue weighted by molar-refractivity contribution is 0.0117. The van der Waals surface area contributed by atoms with Gasteiger partial charge in [-0.05, 0) is 62.1 Å². The average Bonchev–Trinajstić information content (AvgIpc) is 3.18. The van der Waals surface area contributed by atoms with Gasteiger partial charge >= 0.3 is 6.03 Å². The summed E-state index contributed by atoms with van der Waals surface area (Å²) in [5, 5.41) is 15.8. The lowest BCUT2D eigenvalue weighted by Crippen LogP contribution is -2.49. The summed E-state index contributed by atoms with van der Waals surface area (Å²) >= 11 is 0. The fraction of sp³-hybridized carbons (Fsp3) is 0.450. The summed E-state index contributed by atoms with van der Waals surface area (Å²) in [6.45, 7) is 4.26. The summed E-state index contributed by atoms with van der Waals surface area (Å²) in [5.41, 5.74) is 2.72. The number of aliphatic hydroxyl groups is 1. The molecule has 2 N–H and O–H groups in total. The third-order valence-electron chi connectivity index (χ3n) is 5.45. The molecule has 0 saturated carbocycles. The molecule has 1 heterocycles. The van der Waals surface area contributed by atoms with E-state index in [4.69, 9.17) is 0 Å². The molecule has 1 aliphatic heterocycles. The van der Waals surface area contributed by atoms with Crippen molar-refractivity contribution < 1.29 is 9.90 Å². The van der Waals surface area contributed by atoms with Crippen molar-refractivity contribution in [2.75, 3.05) is 11.9 Å². The number of benzene rings is 2. The summed E-state index contributed by atoms with van der Waals surface area (Å²) in [7, 11) is 0. The number of nitrogens with zero attached hydrogens (tertiary/aromatic N) is 1. The van der Waals surface area contributed by atoms with Crippen LogP contribution in [0, 0.1) is 0 Å². The van der Waals surface area contributed by atoms with Crippen LogP contribution in [-0.4, -0.2) is 34.2 Å². The zero-order valence-corrected chi connectivity index (χ0v) is 14.3. The number of aryl methyl sites for hydroxylation is 2. The molecule has 2 aromatic carbocycles. The van der Waals surface area contributed by atoms with Crippen LogP contribution in [0.4, 0.5) is 10.5 Å². The van der Waals surface area contributed by atoms with Crippen molar-refractivity contribution in [1.29, 1.82) is 0 Å². The Kier molecular flexibility index (Phi) is 3.53. The fourth-order valence-corrected chi connectivity index (χ4v) is 4.29. The first kappa shape index (κ1) is 15.5. The Morgan fingerprint density at radius 3 is 2.71 bits per heavy atom. The van der Waals surface area contributed by atoms with Crippen molar-refractivity contribution in [3.63, 3.8) is 0 Å². The number of likely N-dealkylation sites (tertiary alicyclic amines) is 1. The van der Waals surface area contributed by atoms with E-state index in [1.54, 1.807) is 18.7 Å². The molecule has 0 bridgehead atoms. The molecule has 4 heteroatoms. The SMILES string of the molecule is CC(C)(O)C1CCCN1C(=O)Nc1ccc2c3c(cccc13)CC2. The predicted octanol–water partition coefficient (Wildman–Crippen LogP) is 3.71. The quantitative estimate of drug-likeness (QED) is 0.885. The number of rotatable bonds is 2. The number of hydrogen-bond acceptors (Lipinski definition) is 2. The third-order valence-corrected chi connectivity index (χ3v) is 5.45. The van der Waals surface area contributed by atoms with Crippen molar-refractivity contribution in [3.05, 3.63) is 41.5 Å². The zero-order valence-electron chi connectivity index (χ0n) is 14.3. The molecule has 0 aromatic heterocycles. The van der Waals surface area contributed by atoms with E-state index in [0.717, 1.165) is 36.8 Å². The number of hydrogen-bond donors (Lipinski definition) is 2. The topological polar surface area (TPSA) is 52.6 Å². The lowest BCUT2D eigenvalue weighted by Gasteiger charge is -2.33. The van der Waals surface area contributed by atoms with Gasteiger partial charge in [-0.3, -0.25) is 0 Å². The Labute approximate surface area is 142 Å². The molecule has 1 saturated heterocycles. The van der Waals surface area contributed by atoms with Crippen molar-refractivity contribution in [1.82, 2.24) is 4.90 Å². The number of amides is 2. The first-order valence-corrected chi connectivity index (χ1v) is 8.78. The van der Waals surface area contributed by atoms with E-state index in [-0.39, 0.29) is 12.1 Å². The van der Waals surface area contributed by atoms with Gasteiger partial charge in [-0.1, -0.05) is 24.3 Å². The minimum absolute atomic E-state index is 0.113. The van der Waals surface area contributed by atoms with E-state index in [9.17, 15) is 9.90 Å². The molecule has 126 valence electrons. The van der Waals surface area contributed by atoms with E-state index >= 15 is 0 Å². The molecular formula is C20H24N2O2. The first-order chi connectivity index (χ1) is 11.4. The highest BCUT2D eigenvalue weighted by Gasteiger charge is 2.38. The molecule has 1 unspecified atom stereocenters. The standard InChI is InChI=1S/C20H24N2O2/c1-20(2,24)17-7-4-12-22(17)19(23)21-16-11-10-14-9-8-13-5-3-6-15(16)18(13)14/h3,5-6,10-11,17,24H,4,7-9,12H2,1-2H3,(H,21,23). The number of nitrogens with one attached hydrogen (secondary N) is 1. The normalized spacial score (nSPS) is 20.0. The van der Waals surface area contributed by atoms with Crippen molar-refractivity contribution in [2.24, 2.45) is 0 Å². The molecule has 1 aliphatic carbocycles. The van der Waals surface area contributed by atoms with Gasteiger partial charge in [0.25, 0.3) is 0 Å². The monoisotopic (exact) mass is 324 g/mol. The second-order valence-corrected chi connectivity index (χ2v) is 7.55. The first-order valence-electron chi connectivity index (χ1n) is 8.78. The Bertz CT molecular complexity index is 797. The molecular weight excluding hydrogens is 300 g/mol. The minimum Gasteiger partial charge on any atom is -0.388 e. The number of urea groups is 1. The summed E-state index contributed by atoms with van der Waals surface area (Å²) in [4.78, 5) is 14.6. The summed E-state index contributed by atoms with van der Waals surface area (Å²) in [5.74, 6) is 0. The van der Waals surface area contributed by atoms with Gasteiger partial charge in [0.15, 0.2) is 0 Å². The highest BCUT2D eigenvalue weighted by atomic mass is 16.3. The molecule has 1 atom stereocenters. The number of anilines is 1. The highest BCUT2D eigenvalue weighted by molar-refractivity contribution is 6.04. The predicted molar refractivity (Wildman–Crippen MR) is 96.4 cm³/mol. The van der Waals surface area contributed by atoms with E-state index in [1.165, 1.54) is 16.5 Å². The second kappa shape index (κ2) is 5.49. The second-order valence-electron chi connectivity index (χ2n) is 7.55. The van der Waals surface area contributed by atoms with Gasteiger partial charge in [-0.25, -0.2) is 4.79 Å². The van der Waals surface area contributed by atoms with E-state index in [2.05, 4.69) is 29.6 Å². The van der Waals surface area contributed by atoms with E-state index in [0.29, 0.717) is 6.54 Å². The van der Waals surface area contributed by atoms with Crippen LogP contribution in [0.5, 0.6) is 0 Å². The van der Waals surface area contributed by atoms with Crippen LogP contribution in [0.2, 0.25) is 0 Å². The lowest BCUT2D eigenvalue weighted by atomic mass is 9.97. The Morgan fingerprint density at radius 1 is 1.21 bits per heavy atom. The summed E-state index contributed by atoms with van der Waals surface area (Å²) in [6.07, 6.45) is 3.95. The molecule has 2 aliphatic rings. The zero-order chi connectivity index (χ0) is 16.9. The molecule has 1 fully saturated rings. The van der Waals surface area contributed by atoms with Gasteiger partial charge in [-0.2, -0.15) is 0 Å². The van der Waals surface area contributed by atoms with Crippen LogP contribution in [0.3, 0.4) is 0 Å². The van der Waals surface area contributed by atoms with Gasteiger partial charge in [0.1, 0.15) is 0 Å². The maximum Gasteiger partial charge on any atom is 0.322 e. The molecule has 0 spiro atoms. The molecule has 4 nitrogen and oxygen atoms in total. The maximum atomic E-state index is 12.8. The van der Waals surface area contributed by atoms with Gasteiger partial charge in [0, 0.05) is 11.9 Å². The van der Waals surface area contributed by atoms with E-state index in [1.807, 2.05) is 6.07 Å². The van der Waals surface area contributed by atoms with Crippen LogP contribution >= 0.6 is 0 Å². The number of carbonyl (C=O) groups excluding carboxylic acids is 1. The van der Waals surface area contributed by atoms with Crippen molar-refractivity contribution in [2.45, 2.75) is 51.2 Å². The molecule has 2 amide bonds. The molecule has 4 rings (SSSR count). The van der Waals surface area contributed by atoms with Crippen LogP contribution in [-0.2, 0) is 12.8 Å². The van der Waals surface area contributed by atoms with Gasteiger partial charge in [0.05, 0.1) is 17.3 Å². The highest BCUT2D eigenvalue weighted by Crippen LogP contribution is 2.35. The van der Waals surface area contributed by atoms with Crippen LogP contribution in [0.1, 0.15) is 37.8 Å². The largest absolute Gasteiger partial charge is 0.388 e. The maximum absolute atomic E-state index is 12.8. The van der Waals surface area contributed by atoms with Crippen molar-refractivity contribution in [3.8, 4) is 0 Å². The summed E-state index contributed by atoms with van der Waals surface area (Å²) < 4.78 is 0. The smallest absolute Gasteiger partial charge is 0.322 e. The van der Waals surface area contributed by atoms with Crippen LogP contribution < -0.4 is 5.32 Å². The van der Waals surface area contributed by atoms with Crippen molar-refractivity contribution >= 4 is 22.5 Å². The van der Waals surface area contributed by atoms with Gasteiger partial charge < -0.3 is 15.3 Å². The van der Waals surface area contributed by atoms with Gasteiger partial charge in [-0.15, -0.1) is 0 Å². The fourth-order valence-electron chi connectivity index (χ4n) is 4.29. The Hall–Kier alpha value is -2.07.